The van der Waals surface area contributed by atoms with Crippen molar-refractivity contribution in [3.63, 3.8) is 0 Å². The fraction of sp³-hybridized carbons (Fsp3) is 0.545. The molecule has 1 aliphatic carbocycles. The summed E-state index contributed by atoms with van der Waals surface area (Å²) < 4.78 is 13.4. The van der Waals surface area contributed by atoms with Crippen LogP contribution in [0.15, 0.2) is 18.5 Å². The molecule has 14 heavy (non-hydrogen) atoms. The fourth-order valence-corrected chi connectivity index (χ4v) is 2.16. The second-order valence-corrected chi connectivity index (χ2v) is 3.95. The molecule has 1 aliphatic rings. The Kier molecular flexibility index (Phi) is 2.50. The standard InChI is InChI=1S/C11H14FNO/c12-10-8-13-7-4-9(10)11(14)5-2-1-3-6-11/h4,7-8,14H,1-3,5-6H2. The minimum absolute atomic E-state index is 0.392. The highest BCUT2D eigenvalue weighted by Crippen LogP contribution is 2.37. The van der Waals surface area contributed by atoms with Crippen molar-refractivity contribution < 1.29 is 9.50 Å². The van der Waals surface area contributed by atoms with Crippen LogP contribution in [0.2, 0.25) is 0 Å². The quantitative estimate of drug-likeness (QED) is 0.746. The monoisotopic (exact) mass is 195 g/mol. The highest BCUT2D eigenvalue weighted by atomic mass is 19.1. The maximum absolute atomic E-state index is 13.4. The van der Waals surface area contributed by atoms with Gasteiger partial charge in [-0.05, 0) is 18.9 Å². The van der Waals surface area contributed by atoms with E-state index in [4.69, 9.17) is 0 Å². The Morgan fingerprint density at radius 1 is 1.29 bits per heavy atom. The van der Waals surface area contributed by atoms with Crippen LogP contribution in [0.25, 0.3) is 0 Å². The third-order valence-electron chi connectivity index (χ3n) is 2.95. The van der Waals surface area contributed by atoms with Gasteiger partial charge in [0.1, 0.15) is 5.82 Å². The van der Waals surface area contributed by atoms with E-state index in [1.807, 2.05) is 0 Å². The summed E-state index contributed by atoms with van der Waals surface area (Å²) in [5, 5.41) is 10.3. The zero-order chi connectivity index (χ0) is 10.0. The Labute approximate surface area is 82.8 Å². The van der Waals surface area contributed by atoms with Crippen LogP contribution in [-0.4, -0.2) is 10.1 Å². The van der Waals surface area contributed by atoms with Gasteiger partial charge in [0.05, 0.1) is 11.8 Å². The van der Waals surface area contributed by atoms with Gasteiger partial charge < -0.3 is 5.11 Å². The molecule has 1 N–H and O–H groups in total. The smallest absolute Gasteiger partial charge is 0.147 e. The number of rotatable bonds is 1. The van der Waals surface area contributed by atoms with Gasteiger partial charge >= 0.3 is 0 Å². The SMILES string of the molecule is OC1(c2ccncc2F)CCCCC1. The highest BCUT2D eigenvalue weighted by molar-refractivity contribution is 5.21. The lowest BCUT2D eigenvalue weighted by atomic mass is 9.80. The van der Waals surface area contributed by atoms with E-state index in [0.29, 0.717) is 18.4 Å². The third kappa shape index (κ3) is 1.64. The number of aromatic nitrogens is 1. The van der Waals surface area contributed by atoms with E-state index in [0.717, 1.165) is 19.3 Å². The molecule has 76 valence electrons. The Morgan fingerprint density at radius 3 is 2.64 bits per heavy atom. The molecular formula is C11H14FNO. The first-order valence-electron chi connectivity index (χ1n) is 5.05. The van der Waals surface area contributed by atoms with E-state index in [1.54, 1.807) is 6.07 Å². The van der Waals surface area contributed by atoms with Crippen LogP contribution < -0.4 is 0 Å². The largest absolute Gasteiger partial charge is 0.385 e. The van der Waals surface area contributed by atoms with E-state index in [2.05, 4.69) is 4.98 Å². The molecule has 2 rings (SSSR count). The van der Waals surface area contributed by atoms with Crippen LogP contribution in [0.4, 0.5) is 4.39 Å². The minimum Gasteiger partial charge on any atom is -0.385 e. The average Bonchev–Trinajstić information content (AvgIpc) is 2.19. The van der Waals surface area contributed by atoms with Crippen molar-refractivity contribution in [2.24, 2.45) is 0 Å². The molecule has 1 fully saturated rings. The van der Waals surface area contributed by atoms with E-state index in [1.165, 1.54) is 12.4 Å². The van der Waals surface area contributed by atoms with Gasteiger partial charge in [-0.1, -0.05) is 19.3 Å². The molecule has 0 atom stereocenters. The summed E-state index contributed by atoms with van der Waals surface area (Å²) in [5.41, 5.74) is -0.544. The average molecular weight is 195 g/mol. The van der Waals surface area contributed by atoms with E-state index >= 15 is 0 Å². The van der Waals surface area contributed by atoms with Crippen LogP contribution in [0.3, 0.4) is 0 Å². The first-order valence-corrected chi connectivity index (χ1v) is 5.05. The second-order valence-electron chi connectivity index (χ2n) is 3.95. The Bertz CT molecular complexity index is 321. The summed E-state index contributed by atoms with van der Waals surface area (Å²) >= 11 is 0. The second kappa shape index (κ2) is 3.65. The lowest BCUT2D eigenvalue weighted by Crippen LogP contribution is -2.29. The molecule has 0 radical (unpaired) electrons. The van der Waals surface area contributed by atoms with Crippen LogP contribution >= 0.6 is 0 Å². The van der Waals surface area contributed by atoms with E-state index in [9.17, 15) is 9.50 Å². The van der Waals surface area contributed by atoms with Crippen molar-refractivity contribution in [3.8, 4) is 0 Å². The van der Waals surface area contributed by atoms with Gasteiger partial charge in [0, 0.05) is 11.8 Å². The summed E-state index contributed by atoms with van der Waals surface area (Å²) in [4.78, 5) is 3.68. The van der Waals surface area contributed by atoms with Gasteiger partial charge in [0.25, 0.3) is 0 Å². The molecule has 1 saturated carbocycles. The van der Waals surface area contributed by atoms with Crippen molar-refractivity contribution in [1.82, 2.24) is 4.98 Å². The van der Waals surface area contributed by atoms with Gasteiger partial charge in [0.15, 0.2) is 0 Å². The summed E-state index contributed by atoms with van der Waals surface area (Å²) in [6.07, 6.45) is 7.10. The Hall–Kier alpha value is -0.960. The van der Waals surface area contributed by atoms with Crippen molar-refractivity contribution in [1.29, 1.82) is 0 Å². The van der Waals surface area contributed by atoms with Crippen molar-refractivity contribution in [2.75, 3.05) is 0 Å². The van der Waals surface area contributed by atoms with E-state index in [-0.39, 0.29) is 0 Å². The molecule has 3 heteroatoms. The summed E-state index contributed by atoms with van der Waals surface area (Å²) in [5.74, 6) is -0.392. The molecular weight excluding hydrogens is 181 g/mol. The predicted molar refractivity (Wildman–Crippen MR) is 51.2 cm³/mol. The number of aliphatic hydroxyl groups is 1. The minimum atomic E-state index is -0.953. The topological polar surface area (TPSA) is 33.1 Å². The molecule has 1 aromatic rings. The molecule has 2 nitrogen and oxygen atoms in total. The predicted octanol–water partition coefficient (Wildman–Crippen LogP) is 2.37. The molecule has 0 spiro atoms. The van der Waals surface area contributed by atoms with E-state index < -0.39 is 11.4 Å². The highest BCUT2D eigenvalue weighted by Gasteiger charge is 2.33. The lowest BCUT2D eigenvalue weighted by Gasteiger charge is -2.32. The summed E-state index contributed by atoms with van der Waals surface area (Å²) in [6, 6.07) is 1.58. The maximum Gasteiger partial charge on any atom is 0.147 e. The molecule has 0 bridgehead atoms. The zero-order valence-electron chi connectivity index (χ0n) is 8.04. The Morgan fingerprint density at radius 2 is 2.00 bits per heavy atom. The van der Waals surface area contributed by atoms with Gasteiger partial charge in [-0.25, -0.2) is 4.39 Å². The first-order chi connectivity index (χ1) is 6.72. The number of hydrogen-bond acceptors (Lipinski definition) is 2. The van der Waals surface area contributed by atoms with Crippen molar-refractivity contribution >= 4 is 0 Å². The zero-order valence-corrected chi connectivity index (χ0v) is 8.04. The fourth-order valence-electron chi connectivity index (χ4n) is 2.16. The third-order valence-corrected chi connectivity index (χ3v) is 2.95. The number of pyridine rings is 1. The normalized spacial score (nSPS) is 20.7. The molecule has 0 saturated heterocycles. The van der Waals surface area contributed by atoms with Gasteiger partial charge in [0.2, 0.25) is 0 Å². The van der Waals surface area contributed by atoms with Crippen LogP contribution in [-0.2, 0) is 5.60 Å². The molecule has 1 heterocycles. The molecule has 0 aliphatic heterocycles. The maximum atomic E-state index is 13.4. The summed E-state index contributed by atoms with van der Waals surface area (Å²) in [6.45, 7) is 0. The van der Waals surface area contributed by atoms with Crippen molar-refractivity contribution in [2.45, 2.75) is 37.7 Å². The first kappa shape index (κ1) is 9.59. The summed E-state index contributed by atoms with van der Waals surface area (Å²) in [7, 11) is 0. The number of nitrogens with zero attached hydrogens (tertiary/aromatic N) is 1. The molecule has 0 aromatic carbocycles. The van der Waals surface area contributed by atoms with Gasteiger partial charge in [-0.2, -0.15) is 0 Å². The molecule has 0 amide bonds. The van der Waals surface area contributed by atoms with Crippen molar-refractivity contribution in [3.05, 3.63) is 29.8 Å². The van der Waals surface area contributed by atoms with Crippen LogP contribution in [0.1, 0.15) is 37.7 Å². The lowest BCUT2D eigenvalue weighted by molar-refractivity contribution is -0.00385. The number of halogens is 1. The van der Waals surface area contributed by atoms with Gasteiger partial charge in [-0.15, -0.1) is 0 Å². The Balaban J connectivity index is 2.32. The molecule has 0 unspecified atom stereocenters. The van der Waals surface area contributed by atoms with Gasteiger partial charge in [-0.3, -0.25) is 4.98 Å². The van der Waals surface area contributed by atoms with Crippen LogP contribution in [0.5, 0.6) is 0 Å². The molecule has 1 aromatic heterocycles. The van der Waals surface area contributed by atoms with Crippen LogP contribution in [0, 0.1) is 5.82 Å². The number of hydrogen-bond donors (Lipinski definition) is 1.